The number of piperidine rings is 1. The largest absolute Gasteiger partial charge is 0.438 e. The number of ether oxygens (including phenoxy) is 2. The van der Waals surface area contributed by atoms with Gasteiger partial charge >= 0.3 is 12.1 Å². The van der Waals surface area contributed by atoms with Crippen molar-refractivity contribution in [2.45, 2.75) is 32.0 Å². The monoisotopic (exact) mass is 385 g/mol. The quantitative estimate of drug-likeness (QED) is 0.863. The average molecular weight is 385 g/mol. The normalized spacial score (nSPS) is 29.0. The number of carbonyl (C=O) groups excluding carboxylic acids is 2. The summed E-state index contributed by atoms with van der Waals surface area (Å²) in [4.78, 5) is 28.4. The Balaban J connectivity index is 1.01. The number of likely N-dealkylation sites (tertiary alicyclic amines) is 1. The lowest BCUT2D eigenvalue weighted by molar-refractivity contribution is -0.171. The standard InChI is InChI=1S/C21H27N3O4/c1-21(12-27-13-21)28-20(26)24-10-17-16(18(17)11-24)6-7-22-19(25)23-8-14-4-2-3-5-15(14)9-23/h2-5,16-18H,6-13H2,1H3,(H,22,25). The topological polar surface area (TPSA) is 71.1 Å². The van der Waals surface area contributed by atoms with Crippen LogP contribution in [0.25, 0.3) is 0 Å². The van der Waals surface area contributed by atoms with E-state index in [-0.39, 0.29) is 12.1 Å². The van der Waals surface area contributed by atoms with Gasteiger partial charge in [-0.15, -0.1) is 0 Å². The van der Waals surface area contributed by atoms with Gasteiger partial charge in [-0.1, -0.05) is 24.3 Å². The molecule has 2 unspecified atom stereocenters. The smallest absolute Gasteiger partial charge is 0.410 e. The third-order valence-electron chi connectivity index (χ3n) is 6.66. The number of amides is 3. The molecule has 1 aromatic carbocycles. The van der Waals surface area contributed by atoms with Crippen LogP contribution in [-0.2, 0) is 22.6 Å². The van der Waals surface area contributed by atoms with Crippen LogP contribution in [-0.4, -0.2) is 60.4 Å². The maximum Gasteiger partial charge on any atom is 0.410 e. The lowest BCUT2D eigenvalue weighted by atomic mass is 10.1. The summed E-state index contributed by atoms with van der Waals surface area (Å²) in [6, 6.07) is 8.23. The van der Waals surface area contributed by atoms with E-state index in [2.05, 4.69) is 17.4 Å². The zero-order valence-electron chi connectivity index (χ0n) is 16.2. The second kappa shape index (κ2) is 6.65. The average Bonchev–Trinajstić information content (AvgIpc) is 3.05. The Morgan fingerprint density at radius 1 is 1.14 bits per heavy atom. The highest BCUT2D eigenvalue weighted by Crippen LogP contribution is 2.53. The van der Waals surface area contributed by atoms with Gasteiger partial charge in [0.1, 0.15) is 0 Å². The van der Waals surface area contributed by atoms with Crippen molar-refractivity contribution in [1.29, 1.82) is 0 Å². The van der Waals surface area contributed by atoms with Gasteiger partial charge in [-0.3, -0.25) is 0 Å². The van der Waals surface area contributed by atoms with E-state index in [9.17, 15) is 9.59 Å². The number of rotatable bonds is 4. The van der Waals surface area contributed by atoms with Gasteiger partial charge < -0.3 is 24.6 Å². The summed E-state index contributed by atoms with van der Waals surface area (Å²) in [6.45, 7) is 6.53. The zero-order chi connectivity index (χ0) is 19.3. The summed E-state index contributed by atoms with van der Waals surface area (Å²) in [7, 11) is 0. The molecule has 2 saturated heterocycles. The minimum atomic E-state index is -0.442. The number of hydrogen-bond acceptors (Lipinski definition) is 4. The Morgan fingerprint density at radius 3 is 2.36 bits per heavy atom. The molecule has 150 valence electrons. The Morgan fingerprint density at radius 2 is 1.79 bits per heavy atom. The maximum absolute atomic E-state index is 12.4. The van der Waals surface area contributed by atoms with Crippen molar-refractivity contribution >= 4 is 12.1 Å². The van der Waals surface area contributed by atoms with Gasteiger partial charge in [0.05, 0.1) is 13.2 Å². The first-order valence-corrected chi connectivity index (χ1v) is 10.2. The summed E-state index contributed by atoms with van der Waals surface area (Å²) in [5.41, 5.74) is 2.04. The van der Waals surface area contributed by atoms with Gasteiger partial charge in [0.15, 0.2) is 5.60 Å². The SMILES string of the molecule is CC1(OC(=O)N2CC3C(CCNC(=O)N4Cc5ccccc5C4)C3C2)COC1. The van der Waals surface area contributed by atoms with Crippen molar-refractivity contribution in [2.75, 3.05) is 32.8 Å². The number of carbonyl (C=O) groups is 2. The fraction of sp³-hybridized carbons (Fsp3) is 0.619. The van der Waals surface area contributed by atoms with Gasteiger partial charge in [-0.25, -0.2) is 9.59 Å². The first-order chi connectivity index (χ1) is 13.5. The van der Waals surface area contributed by atoms with E-state index in [1.807, 2.05) is 28.9 Å². The lowest BCUT2D eigenvalue weighted by Gasteiger charge is -2.38. The Kier molecular flexibility index (Phi) is 4.23. The van der Waals surface area contributed by atoms with E-state index in [1.165, 1.54) is 11.1 Å². The van der Waals surface area contributed by atoms with E-state index < -0.39 is 5.60 Å². The molecule has 7 nitrogen and oxygen atoms in total. The molecule has 1 aliphatic carbocycles. The molecule has 1 aromatic rings. The van der Waals surface area contributed by atoms with Crippen LogP contribution in [0.4, 0.5) is 9.59 Å². The van der Waals surface area contributed by atoms with Gasteiger partial charge in [-0.2, -0.15) is 0 Å². The number of nitrogens with one attached hydrogen (secondary N) is 1. The Hall–Kier alpha value is -2.28. The molecule has 7 heteroatoms. The van der Waals surface area contributed by atoms with E-state index in [4.69, 9.17) is 9.47 Å². The van der Waals surface area contributed by atoms with Crippen molar-refractivity contribution in [2.24, 2.45) is 17.8 Å². The minimum absolute atomic E-state index is 0.0168. The van der Waals surface area contributed by atoms with Crippen LogP contribution in [0.15, 0.2) is 24.3 Å². The fourth-order valence-electron chi connectivity index (χ4n) is 4.88. The van der Waals surface area contributed by atoms with Crippen LogP contribution < -0.4 is 5.32 Å². The molecule has 0 spiro atoms. The number of nitrogens with zero attached hydrogens (tertiary/aromatic N) is 2. The highest BCUT2D eigenvalue weighted by molar-refractivity contribution is 5.75. The molecule has 4 aliphatic rings. The van der Waals surface area contributed by atoms with Crippen molar-refractivity contribution in [3.8, 4) is 0 Å². The second-order valence-electron chi connectivity index (χ2n) is 8.85. The molecule has 1 N–H and O–H groups in total. The van der Waals surface area contributed by atoms with Crippen molar-refractivity contribution < 1.29 is 19.1 Å². The van der Waals surface area contributed by atoms with Crippen LogP contribution in [0.2, 0.25) is 0 Å². The molecule has 3 heterocycles. The van der Waals surface area contributed by atoms with Gasteiger partial charge in [0, 0.05) is 32.7 Å². The number of urea groups is 1. The molecule has 2 atom stereocenters. The van der Waals surface area contributed by atoms with Gasteiger partial charge in [0.2, 0.25) is 0 Å². The molecule has 3 aliphatic heterocycles. The molecule has 3 amide bonds. The van der Waals surface area contributed by atoms with E-state index in [0.29, 0.717) is 50.6 Å². The summed E-state index contributed by atoms with van der Waals surface area (Å²) in [6.07, 6.45) is 0.773. The van der Waals surface area contributed by atoms with E-state index in [0.717, 1.165) is 19.5 Å². The molecule has 5 rings (SSSR count). The molecule has 1 saturated carbocycles. The van der Waals surface area contributed by atoms with Gasteiger partial charge in [-0.05, 0) is 42.2 Å². The number of hydrogen-bond donors (Lipinski definition) is 1. The van der Waals surface area contributed by atoms with Crippen LogP contribution >= 0.6 is 0 Å². The van der Waals surface area contributed by atoms with Crippen molar-refractivity contribution in [3.05, 3.63) is 35.4 Å². The molecule has 0 radical (unpaired) electrons. The fourth-order valence-corrected chi connectivity index (χ4v) is 4.88. The molecular weight excluding hydrogens is 358 g/mol. The maximum atomic E-state index is 12.4. The summed E-state index contributed by atoms with van der Waals surface area (Å²) < 4.78 is 10.7. The Bertz CT molecular complexity index is 757. The van der Waals surface area contributed by atoms with Crippen molar-refractivity contribution in [3.63, 3.8) is 0 Å². The number of benzene rings is 1. The molecule has 3 fully saturated rings. The highest BCUT2D eigenvalue weighted by Gasteiger charge is 2.56. The highest BCUT2D eigenvalue weighted by atomic mass is 16.6. The van der Waals surface area contributed by atoms with Crippen LogP contribution in [0, 0.1) is 17.8 Å². The summed E-state index contributed by atoms with van der Waals surface area (Å²) in [5.74, 6) is 1.74. The first-order valence-electron chi connectivity index (χ1n) is 10.2. The third-order valence-corrected chi connectivity index (χ3v) is 6.66. The Labute approximate surface area is 165 Å². The molecule has 0 aromatic heterocycles. The van der Waals surface area contributed by atoms with Crippen LogP contribution in [0.1, 0.15) is 24.5 Å². The number of fused-ring (bicyclic) bond motifs is 2. The lowest BCUT2D eigenvalue weighted by Crippen LogP contribution is -2.52. The zero-order valence-corrected chi connectivity index (χ0v) is 16.2. The van der Waals surface area contributed by atoms with Gasteiger partial charge in [0.25, 0.3) is 0 Å². The third kappa shape index (κ3) is 3.21. The molecule has 28 heavy (non-hydrogen) atoms. The van der Waals surface area contributed by atoms with Crippen LogP contribution in [0.3, 0.4) is 0 Å². The second-order valence-corrected chi connectivity index (χ2v) is 8.85. The molecule has 0 bridgehead atoms. The molecular formula is C21H27N3O4. The van der Waals surface area contributed by atoms with Crippen molar-refractivity contribution in [1.82, 2.24) is 15.1 Å². The first kappa shape index (κ1) is 17.8. The minimum Gasteiger partial charge on any atom is -0.438 e. The van der Waals surface area contributed by atoms with Crippen LogP contribution in [0.5, 0.6) is 0 Å². The van der Waals surface area contributed by atoms with E-state index in [1.54, 1.807) is 0 Å². The van der Waals surface area contributed by atoms with E-state index >= 15 is 0 Å². The predicted octanol–water partition coefficient (Wildman–Crippen LogP) is 2.21. The summed E-state index contributed by atoms with van der Waals surface area (Å²) >= 11 is 0. The summed E-state index contributed by atoms with van der Waals surface area (Å²) in [5, 5.41) is 3.07. The predicted molar refractivity (Wildman–Crippen MR) is 101 cm³/mol.